The molecular weight excluding hydrogens is 210 g/mol. The normalized spacial score (nSPS) is 20.4. The Labute approximate surface area is 102 Å². The van der Waals surface area contributed by atoms with Gasteiger partial charge in [-0.3, -0.25) is 0 Å². The molecule has 1 fully saturated rings. The number of furan rings is 1. The first-order valence-corrected chi connectivity index (χ1v) is 6.28. The Morgan fingerprint density at radius 2 is 2.00 bits per heavy atom. The zero-order valence-corrected chi connectivity index (χ0v) is 9.86. The van der Waals surface area contributed by atoms with Crippen LogP contribution < -0.4 is 5.32 Å². The molecule has 88 valence electrons. The molecule has 3 rings (SSSR count). The second kappa shape index (κ2) is 4.76. The molecule has 17 heavy (non-hydrogen) atoms. The molecule has 1 N–H and O–H groups in total. The molecule has 0 spiro atoms. The van der Waals surface area contributed by atoms with Crippen molar-refractivity contribution < 1.29 is 4.42 Å². The van der Waals surface area contributed by atoms with Crippen molar-refractivity contribution in [3.05, 3.63) is 48.2 Å². The van der Waals surface area contributed by atoms with Gasteiger partial charge in [0.25, 0.3) is 0 Å². The first-order chi connectivity index (χ1) is 8.43. The second-order valence-corrected chi connectivity index (χ2v) is 4.64. The maximum atomic E-state index is 5.39. The summed E-state index contributed by atoms with van der Waals surface area (Å²) in [5.74, 6) is 1.62. The summed E-state index contributed by atoms with van der Waals surface area (Å²) in [4.78, 5) is 0. The minimum Gasteiger partial charge on any atom is -0.464 e. The second-order valence-electron chi connectivity index (χ2n) is 4.64. The third-order valence-electron chi connectivity index (χ3n) is 3.48. The Kier molecular flexibility index (Phi) is 2.97. The average molecular weight is 227 g/mol. The van der Waals surface area contributed by atoms with Crippen LogP contribution in [0.3, 0.4) is 0 Å². The van der Waals surface area contributed by atoms with Crippen molar-refractivity contribution in [2.24, 2.45) is 0 Å². The molecule has 1 aromatic carbocycles. The summed E-state index contributed by atoms with van der Waals surface area (Å²) in [6.07, 6.45) is 4.30. The number of rotatable bonds is 2. The molecule has 2 heterocycles. The van der Waals surface area contributed by atoms with Crippen LogP contribution in [0.5, 0.6) is 0 Å². The van der Waals surface area contributed by atoms with Gasteiger partial charge in [0, 0.05) is 12.1 Å². The van der Waals surface area contributed by atoms with Gasteiger partial charge in [-0.05, 0) is 43.0 Å². The molecule has 1 aliphatic heterocycles. The Hall–Kier alpha value is -1.54. The van der Waals surface area contributed by atoms with E-state index in [9.17, 15) is 0 Å². The lowest BCUT2D eigenvalue weighted by molar-refractivity contribution is 0.461. The van der Waals surface area contributed by atoms with E-state index in [-0.39, 0.29) is 0 Å². The lowest BCUT2D eigenvalue weighted by Crippen LogP contribution is -2.28. The maximum Gasteiger partial charge on any atom is 0.133 e. The van der Waals surface area contributed by atoms with E-state index < -0.39 is 0 Å². The van der Waals surface area contributed by atoms with Crippen molar-refractivity contribution in [2.75, 3.05) is 13.1 Å². The Balaban J connectivity index is 1.80. The molecule has 2 heteroatoms. The highest BCUT2D eigenvalue weighted by molar-refractivity contribution is 5.57. The van der Waals surface area contributed by atoms with Gasteiger partial charge in [0.15, 0.2) is 0 Å². The van der Waals surface area contributed by atoms with Crippen LogP contribution in [0.2, 0.25) is 0 Å². The van der Waals surface area contributed by atoms with Crippen LogP contribution >= 0.6 is 0 Å². The Bertz CT molecular complexity index is 452. The van der Waals surface area contributed by atoms with Gasteiger partial charge in [-0.15, -0.1) is 0 Å². The summed E-state index contributed by atoms with van der Waals surface area (Å²) in [7, 11) is 0. The largest absolute Gasteiger partial charge is 0.464 e. The molecule has 0 saturated carbocycles. The van der Waals surface area contributed by atoms with Gasteiger partial charge in [0.1, 0.15) is 5.76 Å². The van der Waals surface area contributed by atoms with Crippen molar-refractivity contribution in [3.8, 4) is 11.3 Å². The summed E-state index contributed by atoms with van der Waals surface area (Å²) in [5, 5.41) is 3.46. The number of benzene rings is 1. The summed E-state index contributed by atoms with van der Waals surface area (Å²) in [6.45, 7) is 2.28. The van der Waals surface area contributed by atoms with Crippen LogP contribution in [0.15, 0.2) is 47.1 Å². The first-order valence-electron chi connectivity index (χ1n) is 6.28. The number of piperidine rings is 1. The first kappa shape index (κ1) is 10.6. The predicted molar refractivity (Wildman–Crippen MR) is 69.0 cm³/mol. The molecule has 1 aliphatic rings. The molecular formula is C15H17NO. The van der Waals surface area contributed by atoms with Gasteiger partial charge >= 0.3 is 0 Å². The SMILES string of the molecule is c1coc(-c2ccc(C3CCCNC3)cc2)c1. The van der Waals surface area contributed by atoms with Crippen LogP contribution in [-0.2, 0) is 0 Å². The van der Waals surface area contributed by atoms with Crippen molar-refractivity contribution in [1.29, 1.82) is 0 Å². The van der Waals surface area contributed by atoms with Crippen LogP contribution in [-0.4, -0.2) is 13.1 Å². The smallest absolute Gasteiger partial charge is 0.133 e. The predicted octanol–water partition coefficient (Wildman–Crippen LogP) is 3.41. The van der Waals surface area contributed by atoms with Gasteiger partial charge in [0.2, 0.25) is 0 Å². The lowest BCUT2D eigenvalue weighted by Gasteiger charge is -2.23. The van der Waals surface area contributed by atoms with Crippen LogP contribution in [0.25, 0.3) is 11.3 Å². The molecule has 0 amide bonds. The highest BCUT2D eigenvalue weighted by Crippen LogP contribution is 2.26. The zero-order valence-electron chi connectivity index (χ0n) is 9.86. The fraction of sp³-hybridized carbons (Fsp3) is 0.333. The highest BCUT2D eigenvalue weighted by Gasteiger charge is 2.14. The van der Waals surface area contributed by atoms with E-state index in [4.69, 9.17) is 4.42 Å². The van der Waals surface area contributed by atoms with Crippen LogP contribution in [0.4, 0.5) is 0 Å². The van der Waals surface area contributed by atoms with E-state index in [2.05, 4.69) is 29.6 Å². The van der Waals surface area contributed by atoms with Crippen LogP contribution in [0, 0.1) is 0 Å². The van der Waals surface area contributed by atoms with Crippen molar-refractivity contribution in [1.82, 2.24) is 5.32 Å². The topological polar surface area (TPSA) is 25.2 Å². The lowest BCUT2D eigenvalue weighted by atomic mass is 9.91. The number of hydrogen-bond donors (Lipinski definition) is 1. The van der Waals surface area contributed by atoms with E-state index in [1.807, 2.05) is 12.1 Å². The Morgan fingerprint density at radius 3 is 2.65 bits per heavy atom. The Morgan fingerprint density at radius 1 is 1.12 bits per heavy atom. The van der Waals surface area contributed by atoms with E-state index in [0.29, 0.717) is 5.92 Å². The van der Waals surface area contributed by atoms with Gasteiger partial charge in [-0.2, -0.15) is 0 Å². The quantitative estimate of drug-likeness (QED) is 0.850. The molecule has 2 aromatic rings. The number of nitrogens with one attached hydrogen (secondary N) is 1. The third-order valence-corrected chi connectivity index (χ3v) is 3.48. The van der Waals surface area contributed by atoms with Crippen molar-refractivity contribution in [3.63, 3.8) is 0 Å². The fourth-order valence-corrected chi connectivity index (χ4v) is 2.50. The van der Waals surface area contributed by atoms with Gasteiger partial charge in [-0.1, -0.05) is 24.3 Å². The molecule has 1 saturated heterocycles. The summed E-state index contributed by atoms with van der Waals surface area (Å²) in [6, 6.07) is 12.7. The maximum absolute atomic E-state index is 5.39. The molecule has 1 atom stereocenters. The summed E-state index contributed by atoms with van der Waals surface area (Å²) >= 11 is 0. The van der Waals surface area contributed by atoms with Gasteiger partial charge < -0.3 is 9.73 Å². The molecule has 1 aromatic heterocycles. The van der Waals surface area contributed by atoms with E-state index in [0.717, 1.165) is 17.9 Å². The minimum absolute atomic E-state index is 0.675. The average Bonchev–Trinajstić information content (AvgIpc) is 2.94. The monoisotopic (exact) mass is 227 g/mol. The van der Waals surface area contributed by atoms with Gasteiger partial charge in [0.05, 0.1) is 6.26 Å². The standard InChI is InChI=1S/C15H17NO/c1-3-14(11-16-9-1)12-5-7-13(8-6-12)15-4-2-10-17-15/h2,4-8,10,14,16H,1,3,9,11H2. The molecule has 0 bridgehead atoms. The highest BCUT2D eigenvalue weighted by atomic mass is 16.3. The fourth-order valence-electron chi connectivity index (χ4n) is 2.50. The summed E-state index contributed by atoms with van der Waals surface area (Å²) < 4.78 is 5.39. The molecule has 0 radical (unpaired) electrons. The molecule has 1 unspecified atom stereocenters. The number of hydrogen-bond acceptors (Lipinski definition) is 2. The van der Waals surface area contributed by atoms with Gasteiger partial charge in [-0.25, -0.2) is 0 Å². The minimum atomic E-state index is 0.675. The van der Waals surface area contributed by atoms with E-state index in [1.165, 1.54) is 24.9 Å². The van der Waals surface area contributed by atoms with E-state index >= 15 is 0 Å². The third kappa shape index (κ3) is 2.27. The molecule has 0 aliphatic carbocycles. The van der Waals surface area contributed by atoms with E-state index in [1.54, 1.807) is 6.26 Å². The molecule has 2 nitrogen and oxygen atoms in total. The van der Waals surface area contributed by atoms with Crippen LogP contribution in [0.1, 0.15) is 24.3 Å². The summed E-state index contributed by atoms with van der Waals surface area (Å²) in [5.41, 5.74) is 2.59. The zero-order chi connectivity index (χ0) is 11.5. The van der Waals surface area contributed by atoms with Crippen molar-refractivity contribution in [2.45, 2.75) is 18.8 Å². The van der Waals surface area contributed by atoms with Crippen molar-refractivity contribution >= 4 is 0 Å².